The molecule has 3 heteroatoms. The summed E-state index contributed by atoms with van der Waals surface area (Å²) in [6.45, 7) is 9.21. The van der Waals surface area contributed by atoms with Crippen LogP contribution in [0.1, 0.15) is 28.7 Å². The lowest BCUT2D eigenvalue weighted by Crippen LogP contribution is -2.38. The summed E-state index contributed by atoms with van der Waals surface area (Å²) < 4.78 is 11.4. The van der Waals surface area contributed by atoms with Crippen molar-refractivity contribution < 1.29 is 9.47 Å². The van der Waals surface area contributed by atoms with Gasteiger partial charge in [0.2, 0.25) is 0 Å². The molecule has 0 bridgehead atoms. The van der Waals surface area contributed by atoms with Crippen molar-refractivity contribution in [1.82, 2.24) is 5.32 Å². The molecule has 1 fully saturated rings. The Labute approximate surface area is 116 Å². The van der Waals surface area contributed by atoms with Crippen LogP contribution in [0.3, 0.4) is 0 Å². The largest absolute Gasteiger partial charge is 0.496 e. The van der Waals surface area contributed by atoms with Gasteiger partial charge < -0.3 is 14.8 Å². The highest BCUT2D eigenvalue weighted by Gasteiger charge is 2.17. The Morgan fingerprint density at radius 1 is 1.32 bits per heavy atom. The highest BCUT2D eigenvalue weighted by atomic mass is 16.5. The summed E-state index contributed by atoms with van der Waals surface area (Å²) in [5, 5.41) is 3.38. The third-order valence-electron chi connectivity index (χ3n) is 4.04. The first kappa shape index (κ1) is 14.4. The second-order valence-corrected chi connectivity index (χ2v) is 5.38. The molecule has 0 aromatic heterocycles. The molecule has 1 atom stereocenters. The molecule has 1 aliphatic rings. The quantitative estimate of drug-likeness (QED) is 0.905. The van der Waals surface area contributed by atoms with E-state index < -0.39 is 0 Å². The summed E-state index contributed by atoms with van der Waals surface area (Å²) in [5.74, 6) is 1.06. The lowest BCUT2D eigenvalue weighted by molar-refractivity contribution is 0.0237. The predicted molar refractivity (Wildman–Crippen MR) is 78.1 cm³/mol. The number of ether oxygens (including phenoxy) is 2. The summed E-state index contributed by atoms with van der Waals surface area (Å²) in [7, 11) is 1.77. The van der Waals surface area contributed by atoms with Gasteiger partial charge in [-0.05, 0) is 55.9 Å². The number of rotatable bonds is 4. The number of aryl methyl sites for hydroxylation is 2. The van der Waals surface area contributed by atoms with Crippen molar-refractivity contribution in [2.24, 2.45) is 0 Å². The van der Waals surface area contributed by atoms with Gasteiger partial charge in [-0.2, -0.15) is 0 Å². The number of benzene rings is 1. The first-order chi connectivity index (χ1) is 9.13. The van der Waals surface area contributed by atoms with Crippen molar-refractivity contribution in [3.63, 3.8) is 0 Å². The number of methoxy groups -OCH3 is 1. The van der Waals surface area contributed by atoms with Gasteiger partial charge in [-0.25, -0.2) is 0 Å². The SMILES string of the molecule is COc1c(C)c(C)cc(C)c1CCC1CNCCO1. The van der Waals surface area contributed by atoms with E-state index in [0.717, 1.165) is 38.3 Å². The van der Waals surface area contributed by atoms with Gasteiger partial charge in [-0.3, -0.25) is 0 Å². The maximum atomic E-state index is 5.76. The average Bonchev–Trinajstić information content (AvgIpc) is 2.42. The van der Waals surface area contributed by atoms with Gasteiger partial charge in [-0.1, -0.05) is 6.07 Å². The summed E-state index contributed by atoms with van der Waals surface area (Å²) in [4.78, 5) is 0. The Kier molecular flexibility index (Phi) is 4.83. The van der Waals surface area contributed by atoms with Crippen molar-refractivity contribution in [2.75, 3.05) is 26.8 Å². The summed E-state index contributed by atoms with van der Waals surface area (Å²) in [5.41, 5.74) is 5.21. The molecule has 3 nitrogen and oxygen atoms in total. The van der Waals surface area contributed by atoms with Gasteiger partial charge in [0.1, 0.15) is 5.75 Å². The van der Waals surface area contributed by atoms with E-state index in [2.05, 4.69) is 32.2 Å². The Morgan fingerprint density at radius 3 is 2.74 bits per heavy atom. The van der Waals surface area contributed by atoms with Crippen molar-refractivity contribution in [3.8, 4) is 5.75 Å². The highest BCUT2D eigenvalue weighted by Crippen LogP contribution is 2.30. The molecule has 0 saturated carbocycles. The van der Waals surface area contributed by atoms with E-state index in [1.807, 2.05) is 0 Å². The van der Waals surface area contributed by atoms with E-state index in [9.17, 15) is 0 Å². The van der Waals surface area contributed by atoms with Crippen LogP contribution in [0.5, 0.6) is 5.75 Å². The monoisotopic (exact) mass is 263 g/mol. The minimum absolute atomic E-state index is 0.333. The second kappa shape index (κ2) is 6.40. The van der Waals surface area contributed by atoms with Gasteiger partial charge in [0, 0.05) is 13.1 Å². The van der Waals surface area contributed by atoms with Crippen molar-refractivity contribution in [1.29, 1.82) is 0 Å². The number of morpholine rings is 1. The summed E-state index contributed by atoms with van der Waals surface area (Å²) in [6, 6.07) is 2.26. The third kappa shape index (κ3) is 3.28. The zero-order valence-corrected chi connectivity index (χ0v) is 12.5. The Balaban J connectivity index is 2.12. The van der Waals surface area contributed by atoms with E-state index in [0.29, 0.717) is 6.10 Å². The van der Waals surface area contributed by atoms with Crippen LogP contribution in [0.2, 0.25) is 0 Å². The molecule has 106 valence electrons. The molecule has 0 aliphatic carbocycles. The zero-order chi connectivity index (χ0) is 13.8. The fourth-order valence-corrected chi connectivity index (χ4v) is 2.80. The molecule has 1 saturated heterocycles. The minimum Gasteiger partial charge on any atom is -0.496 e. The Morgan fingerprint density at radius 2 is 2.11 bits per heavy atom. The number of nitrogens with one attached hydrogen (secondary N) is 1. The Hall–Kier alpha value is -1.06. The molecular formula is C16H25NO2. The van der Waals surface area contributed by atoms with E-state index in [1.54, 1.807) is 7.11 Å². The molecule has 1 heterocycles. The Bertz CT molecular complexity index is 437. The fourth-order valence-electron chi connectivity index (χ4n) is 2.80. The lowest BCUT2D eigenvalue weighted by atomic mass is 9.95. The molecule has 1 unspecified atom stereocenters. The fraction of sp³-hybridized carbons (Fsp3) is 0.625. The smallest absolute Gasteiger partial charge is 0.125 e. The number of hydrogen-bond acceptors (Lipinski definition) is 3. The van der Waals surface area contributed by atoms with E-state index in [-0.39, 0.29) is 0 Å². The molecule has 19 heavy (non-hydrogen) atoms. The van der Waals surface area contributed by atoms with Crippen molar-refractivity contribution >= 4 is 0 Å². The van der Waals surface area contributed by atoms with Crippen LogP contribution in [0.4, 0.5) is 0 Å². The maximum absolute atomic E-state index is 5.76. The van der Waals surface area contributed by atoms with Crippen LogP contribution in [0.15, 0.2) is 6.07 Å². The molecule has 0 amide bonds. The molecule has 1 N–H and O–H groups in total. The molecule has 0 radical (unpaired) electrons. The van der Waals surface area contributed by atoms with E-state index in [4.69, 9.17) is 9.47 Å². The summed E-state index contributed by atoms with van der Waals surface area (Å²) in [6.07, 6.45) is 2.40. The van der Waals surface area contributed by atoms with Crippen molar-refractivity contribution in [3.05, 3.63) is 28.3 Å². The molecule has 1 aromatic carbocycles. The normalized spacial score (nSPS) is 19.5. The van der Waals surface area contributed by atoms with Gasteiger partial charge >= 0.3 is 0 Å². The first-order valence-corrected chi connectivity index (χ1v) is 7.09. The van der Waals surface area contributed by atoms with Gasteiger partial charge in [0.05, 0.1) is 19.8 Å². The molecule has 2 rings (SSSR count). The highest BCUT2D eigenvalue weighted by molar-refractivity contribution is 5.49. The third-order valence-corrected chi connectivity index (χ3v) is 4.04. The van der Waals surface area contributed by atoms with Crippen molar-refractivity contribution in [2.45, 2.75) is 39.7 Å². The predicted octanol–water partition coefficient (Wildman–Crippen LogP) is 2.54. The van der Waals surface area contributed by atoms with Crippen LogP contribution in [0, 0.1) is 20.8 Å². The van der Waals surface area contributed by atoms with Crippen LogP contribution >= 0.6 is 0 Å². The lowest BCUT2D eigenvalue weighted by Gasteiger charge is -2.24. The van der Waals surface area contributed by atoms with Gasteiger partial charge in [0.25, 0.3) is 0 Å². The minimum atomic E-state index is 0.333. The molecular weight excluding hydrogens is 238 g/mol. The standard InChI is InChI=1S/C16H25NO2/c1-11-9-12(2)15(16(18-4)13(11)3)6-5-14-10-17-7-8-19-14/h9,14,17H,5-8,10H2,1-4H3. The average molecular weight is 263 g/mol. The maximum Gasteiger partial charge on any atom is 0.125 e. The topological polar surface area (TPSA) is 30.5 Å². The van der Waals surface area contributed by atoms with E-state index >= 15 is 0 Å². The summed E-state index contributed by atoms with van der Waals surface area (Å²) >= 11 is 0. The van der Waals surface area contributed by atoms with Crippen LogP contribution < -0.4 is 10.1 Å². The van der Waals surface area contributed by atoms with Crippen LogP contribution in [-0.2, 0) is 11.2 Å². The van der Waals surface area contributed by atoms with Crippen LogP contribution in [0.25, 0.3) is 0 Å². The second-order valence-electron chi connectivity index (χ2n) is 5.38. The van der Waals surface area contributed by atoms with Gasteiger partial charge in [-0.15, -0.1) is 0 Å². The molecule has 0 spiro atoms. The van der Waals surface area contributed by atoms with Crippen LogP contribution in [-0.4, -0.2) is 32.9 Å². The molecule has 1 aliphatic heterocycles. The van der Waals surface area contributed by atoms with Gasteiger partial charge in [0.15, 0.2) is 0 Å². The molecule has 1 aromatic rings. The van der Waals surface area contributed by atoms with E-state index in [1.165, 1.54) is 22.3 Å². The first-order valence-electron chi connectivity index (χ1n) is 7.09. The number of hydrogen-bond donors (Lipinski definition) is 1. The zero-order valence-electron chi connectivity index (χ0n) is 12.5.